The quantitative estimate of drug-likeness (QED) is 0.597. The van der Waals surface area contributed by atoms with Crippen molar-refractivity contribution < 1.29 is 19.2 Å². The lowest BCUT2D eigenvalue weighted by atomic mass is 10.1. The lowest BCUT2D eigenvalue weighted by Crippen LogP contribution is -2.25. The van der Waals surface area contributed by atoms with E-state index >= 15 is 0 Å². The van der Waals surface area contributed by atoms with Crippen LogP contribution >= 0.6 is 0 Å². The van der Waals surface area contributed by atoms with Crippen LogP contribution in [0.4, 0.5) is 0 Å². The number of nitrogens with one attached hydrogen (secondary N) is 1. The third-order valence-electron chi connectivity index (χ3n) is 4.60. The van der Waals surface area contributed by atoms with E-state index in [1.54, 1.807) is 23.7 Å². The number of carboxylic acids is 1. The second-order valence-electron chi connectivity index (χ2n) is 6.74. The number of amides is 1. The summed E-state index contributed by atoms with van der Waals surface area (Å²) in [5, 5.41) is 20.0. The zero-order chi connectivity index (χ0) is 21.0. The molecule has 0 saturated heterocycles. The standard InChI is InChI=1S/C20H23N5O4/c1-12-17(8-9-19(26)27)13(2)25(23-12)16-6-4-15(5-7-16)20(28)21-11-10-18-22-14(3)24-29-18/h4-7H,8-11H2,1-3H3,(H,21,28)(H,26,27). The van der Waals surface area contributed by atoms with Gasteiger partial charge in [0.1, 0.15) is 0 Å². The number of rotatable bonds is 8. The number of aromatic nitrogens is 4. The molecule has 29 heavy (non-hydrogen) atoms. The molecule has 2 aromatic heterocycles. The topological polar surface area (TPSA) is 123 Å². The van der Waals surface area contributed by atoms with Gasteiger partial charge in [0, 0.05) is 30.6 Å². The molecule has 0 fully saturated rings. The van der Waals surface area contributed by atoms with E-state index in [-0.39, 0.29) is 12.3 Å². The van der Waals surface area contributed by atoms with Crippen molar-refractivity contribution in [3.8, 4) is 5.69 Å². The van der Waals surface area contributed by atoms with Crippen LogP contribution in [0.3, 0.4) is 0 Å². The van der Waals surface area contributed by atoms with Gasteiger partial charge in [-0.3, -0.25) is 9.59 Å². The Morgan fingerprint density at radius 3 is 2.48 bits per heavy atom. The number of carbonyl (C=O) groups excluding carboxylic acids is 1. The Kier molecular flexibility index (Phi) is 6.06. The molecule has 0 unspecified atom stereocenters. The third-order valence-corrected chi connectivity index (χ3v) is 4.60. The second kappa shape index (κ2) is 8.68. The van der Waals surface area contributed by atoms with Gasteiger partial charge in [-0.1, -0.05) is 5.16 Å². The number of nitrogens with zero attached hydrogens (tertiary/aromatic N) is 4. The third kappa shape index (κ3) is 4.87. The smallest absolute Gasteiger partial charge is 0.303 e. The van der Waals surface area contributed by atoms with E-state index in [1.807, 2.05) is 26.0 Å². The van der Waals surface area contributed by atoms with Gasteiger partial charge in [-0.15, -0.1) is 0 Å². The summed E-state index contributed by atoms with van der Waals surface area (Å²) in [5.74, 6) is 0.0306. The first-order valence-corrected chi connectivity index (χ1v) is 9.30. The molecule has 0 atom stereocenters. The molecule has 0 bridgehead atoms. The lowest BCUT2D eigenvalue weighted by molar-refractivity contribution is -0.136. The van der Waals surface area contributed by atoms with Crippen LogP contribution in [0.15, 0.2) is 28.8 Å². The molecule has 0 radical (unpaired) electrons. The molecule has 3 rings (SSSR count). The fourth-order valence-corrected chi connectivity index (χ4v) is 3.10. The summed E-state index contributed by atoms with van der Waals surface area (Å²) in [6.45, 7) is 5.92. The monoisotopic (exact) mass is 397 g/mol. The summed E-state index contributed by atoms with van der Waals surface area (Å²) in [6.07, 6.45) is 0.970. The molecule has 2 N–H and O–H groups in total. The SMILES string of the molecule is Cc1noc(CCNC(=O)c2ccc(-n3nc(C)c(CCC(=O)O)c3C)cc2)n1. The highest BCUT2D eigenvalue weighted by Gasteiger charge is 2.14. The fourth-order valence-electron chi connectivity index (χ4n) is 3.10. The summed E-state index contributed by atoms with van der Waals surface area (Å²) in [6, 6.07) is 7.09. The minimum absolute atomic E-state index is 0.0651. The Labute approximate surface area is 167 Å². The summed E-state index contributed by atoms with van der Waals surface area (Å²) in [4.78, 5) is 27.3. The van der Waals surface area contributed by atoms with Crippen molar-refractivity contribution in [2.75, 3.05) is 6.54 Å². The second-order valence-corrected chi connectivity index (χ2v) is 6.74. The maximum absolute atomic E-state index is 12.3. The molecular weight excluding hydrogens is 374 g/mol. The Balaban J connectivity index is 1.64. The van der Waals surface area contributed by atoms with Crippen LogP contribution in [0.1, 0.15) is 45.4 Å². The maximum atomic E-state index is 12.3. The first-order chi connectivity index (χ1) is 13.8. The van der Waals surface area contributed by atoms with Crippen LogP contribution in [0.2, 0.25) is 0 Å². The van der Waals surface area contributed by atoms with Crippen molar-refractivity contribution in [1.29, 1.82) is 0 Å². The Bertz CT molecular complexity index is 1020. The molecule has 0 spiro atoms. The molecular formula is C20H23N5O4. The Morgan fingerprint density at radius 1 is 1.14 bits per heavy atom. The average Bonchev–Trinajstić information content (AvgIpc) is 3.22. The van der Waals surface area contributed by atoms with E-state index < -0.39 is 5.97 Å². The predicted octanol–water partition coefficient (Wildman–Crippen LogP) is 2.17. The van der Waals surface area contributed by atoms with Crippen molar-refractivity contribution >= 4 is 11.9 Å². The van der Waals surface area contributed by atoms with Crippen LogP contribution in [0.5, 0.6) is 0 Å². The number of hydrogen-bond donors (Lipinski definition) is 2. The number of hydrogen-bond acceptors (Lipinski definition) is 6. The maximum Gasteiger partial charge on any atom is 0.303 e. The molecule has 0 aliphatic carbocycles. The fraction of sp³-hybridized carbons (Fsp3) is 0.350. The highest BCUT2D eigenvalue weighted by Crippen LogP contribution is 2.20. The van der Waals surface area contributed by atoms with E-state index in [0.29, 0.717) is 36.7 Å². The van der Waals surface area contributed by atoms with Gasteiger partial charge < -0.3 is 14.9 Å². The van der Waals surface area contributed by atoms with E-state index in [0.717, 1.165) is 22.6 Å². The zero-order valence-electron chi connectivity index (χ0n) is 16.6. The number of carbonyl (C=O) groups is 2. The van der Waals surface area contributed by atoms with Gasteiger partial charge in [0.05, 0.1) is 11.4 Å². The molecule has 1 amide bonds. The van der Waals surface area contributed by atoms with E-state index in [9.17, 15) is 9.59 Å². The van der Waals surface area contributed by atoms with Gasteiger partial charge in [-0.05, 0) is 57.0 Å². The Morgan fingerprint density at radius 2 is 1.86 bits per heavy atom. The van der Waals surface area contributed by atoms with Gasteiger partial charge in [0.15, 0.2) is 5.82 Å². The van der Waals surface area contributed by atoms with Crippen molar-refractivity contribution in [3.63, 3.8) is 0 Å². The number of aryl methyl sites for hydroxylation is 2. The van der Waals surface area contributed by atoms with E-state index in [1.165, 1.54) is 0 Å². The molecule has 2 heterocycles. The molecule has 152 valence electrons. The van der Waals surface area contributed by atoms with Crippen LogP contribution in [0.25, 0.3) is 5.69 Å². The number of carboxylic acid groups (broad SMARTS) is 1. The minimum atomic E-state index is -0.832. The number of benzene rings is 1. The van der Waals surface area contributed by atoms with Gasteiger partial charge in [0.2, 0.25) is 5.89 Å². The highest BCUT2D eigenvalue weighted by molar-refractivity contribution is 5.94. The summed E-state index contributed by atoms with van der Waals surface area (Å²) in [5.41, 5.74) is 3.98. The predicted molar refractivity (Wildman–Crippen MR) is 104 cm³/mol. The summed E-state index contributed by atoms with van der Waals surface area (Å²) >= 11 is 0. The van der Waals surface area contributed by atoms with Crippen LogP contribution in [-0.4, -0.2) is 43.4 Å². The normalized spacial score (nSPS) is 10.9. The van der Waals surface area contributed by atoms with Crippen molar-refractivity contribution in [2.45, 2.75) is 40.0 Å². The van der Waals surface area contributed by atoms with Crippen molar-refractivity contribution in [2.24, 2.45) is 0 Å². The minimum Gasteiger partial charge on any atom is -0.481 e. The molecule has 0 aliphatic rings. The largest absolute Gasteiger partial charge is 0.481 e. The summed E-state index contributed by atoms with van der Waals surface area (Å²) < 4.78 is 6.78. The first kappa shape index (κ1) is 20.2. The molecule has 1 aromatic carbocycles. The average molecular weight is 397 g/mol. The van der Waals surface area contributed by atoms with Crippen LogP contribution in [-0.2, 0) is 17.6 Å². The number of aliphatic carboxylic acids is 1. The summed E-state index contributed by atoms with van der Waals surface area (Å²) in [7, 11) is 0. The van der Waals surface area contributed by atoms with Gasteiger partial charge in [-0.25, -0.2) is 4.68 Å². The van der Waals surface area contributed by atoms with E-state index in [2.05, 4.69) is 20.6 Å². The first-order valence-electron chi connectivity index (χ1n) is 9.30. The Hall–Kier alpha value is -3.49. The van der Waals surface area contributed by atoms with Gasteiger partial charge in [-0.2, -0.15) is 10.1 Å². The van der Waals surface area contributed by atoms with Crippen LogP contribution < -0.4 is 5.32 Å². The van der Waals surface area contributed by atoms with E-state index in [4.69, 9.17) is 9.63 Å². The van der Waals surface area contributed by atoms with Crippen molar-refractivity contribution in [3.05, 3.63) is 58.5 Å². The molecule has 0 saturated carbocycles. The van der Waals surface area contributed by atoms with Gasteiger partial charge >= 0.3 is 5.97 Å². The molecule has 0 aliphatic heterocycles. The molecule has 9 nitrogen and oxygen atoms in total. The molecule has 9 heteroatoms. The lowest BCUT2D eigenvalue weighted by Gasteiger charge is -2.07. The van der Waals surface area contributed by atoms with Crippen molar-refractivity contribution in [1.82, 2.24) is 25.2 Å². The van der Waals surface area contributed by atoms with Gasteiger partial charge in [0.25, 0.3) is 5.91 Å². The highest BCUT2D eigenvalue weighted by atomic mass is 16.5. The molecule has 3 aromatic rings. The van der Waals surface area contributed by atoms with Crippen LogP contribution in [0, 0.1) is 20.8 Å². The zero-order valence-corrected chi connectivity index (χ0v) is 16.6.